The first-order valence-electron chi connectivity index (χ1n) is 6.35. The van der Waals surface area contributed by atoms with E-state index in [4.69, 9.17) is 11.6 Å². The SMILES string of the molecule is C[n+]1cc(Cc2ccccc2)c(Cl)c2ccccc21. The Bertz CT molecular complexity index is 720. The van der Waals surface area contributed by atoms with Gasteiger partial charge in [0.25, 0.3) is 0 Å². The number of para-hydroxylation sites is 1. The molecule has 0 saturated heterocycles. The number of aryl methyl sites for hydroxylation is 1. The van der Waals surface area contributed by atoms with Crippen LogP contribution in [-0.4, -0.2) is 0 Å². The molecular weight excluding hydrogens is 254 g/mol. The molecule has 94 valence electrons. The largest absolute Gasteiger partial charge is 0.213 e. The van der Waals surface area contributed by atoms with Crippen molar-refractivity contribution in [1.29, 1.82) is 0 Å². The topological polar surface area (TPSA) is 3.88 Å². The molecule has 2 heteroatoms. The van der Waals surface area contributed by atoms with E-state index < -0.39 is 0 Å². The molecule has 0 aliphatic carbocycles. The van der Waals surface area contributed by atoms with Gasteiger partial charge < -0.3 is 0 Å². The normalized spacial score (nSPS) is 10.8. The van der Waals surface area contributed by atoms with E-state index in [2.05, 4.69) is 54.2 Å². The molecule has 19 heavy (non-hydrogen) atoms. The quantitative estimate of drug-likeness (QED) is 0.621. The molecule has 0 amide bonds. The number of hydrogen-bond acceptors (Lipinski definition) is 0. The van der Waals surface area contributed by atoms with Gasteiger partial charge in [0.15, 0.2) is 6.20 Å². The minimum absolute atomic E-state index is 0.859. The predicted molar refractivity (Wildman–Crippen MR) is 79.4 cm³/mol. The summed E-state index contributed by atoms with van der Waals surface area (Å²) in [6.45, 7) is 0. The fourth-order valence-electron chi connectivity index (χ4n) is 2.44. The minimum atomic E-state index is 0.859. The molecule has 2 aromatic carbocycles. The van der Waals surface area contributed by atoms with Gasteiger partial charge in [-0.25, -0.2) is 4.57 Å². The third-order valence-corrected chi connectivity index (χ3v) is 3.84. The van der Waals surface area contributed by atoms with Gasteiger partial charge in [-0.15, -0.1) is 0 Å². The Morgan fingerprint density at radius 3 is 2.42 bits per heavy atom. The van der Waals surface area contributed by atoms with Crippen molar-refractivity contribution in [3.05, 3.63) is 76.9 Å². The zero-order valence-corrected chi connectivity index (χ0v) is 11.6. The minimum Gasteiger partial charge on any atom is -0.201 e. The van der Waals surface area contributed by atoms with Gasteiger partial charge in [-0.3, -0.25) is 0 Å². The summed E-state index contributed by atoms with van der Waals surface area (Å²) < 4.78 is 2.14. The van der Waals surface area contributed by atoms with E-state index in [1.165, 1.54) is 5.56 Å². The van der Waals surface area contributed by atoms with Crippen molar-refractivity contribution in [3.8, 4) is 0 Å². The zero-order valence-electron chi connectivity index (χ0n) is 10.8. The first-order chi connectivity index (χ1) is 9.25. The van der Waals surface area contributed by atoms with Crippen LogP contribution in [-0.2, 0) is 13.5 Å². The van der Waals surface area contributed by atoms with E-state index >= 15 is 0 Å². The molecule has 1 nitrogen and oxygen atoms in total. The second kappa shape index (κ2) is 5.02. The summed E-state index contributed by atoms with van der Waals surface area (Å²) in [4.78, 5) is 0. The number of hydrogen-bond donors (Lipinski definition) is 0. The molecule has 1 aromatic heterocycles. The molecule has 0 atom stereocenters. The lowest BCUT2D eigenvalue weighted by atomic mass is 10.0. The predicted octanol–water partition coefficient (Wildman–Crippen LogP) is 3.91. The van der Waals surface area contributed by atoms with Gasteiger partial charge in [0.1, 0.15) is 7.05 Å². The number of nitrogens with zero attached hydrogens (tertiary/aromatic N) is 1. The number of benzene rings is 2. The van der Waals surface area contributed by atoms with Gasteiger partial charge >= 0.3 is 0 Å². The van der Waals surface area contributed by atoms with E-state index in [1.807, 2.05) is 18.2 Å². The molecular formula is C17H15ClN+. The Balaban J connectivity index is 2.12. The molecule has 0 bridgehead atoms. The van der Waals surface area contributed by atoms with Crippen molar-refractivity contribution in [2.75, 3.05) is 0 Å². The lowest BCUT2D eigenvalue weighted by Crippen LogP contribution is -2.29. The van der Waals surface area contributed by atoms with E-state index in [0.29, 0.717) is 0 Å². The van der Waals surface area contributed by atoms with Crippen LogP contribution in [0.25, 0.3) is 10.9 Å². The molecule has 0 radical (unpaired) electrons. The van der Waals surface area contributed by atoms with Crippen LogP contribution in [0.5, 0.6) is 0 Å². The second-order valence-electron chi connectivity index (χ2n) is 4.76. The van der Waals surface area contributed by atoms with E-state index in [-0.39, 0.29) is 0 Å². The highest BCUT2D eigenvalue weighted by atomic mass is 35.5. The molecule has 0 unspecified atom stereocenters. The van der Waals surface area contributed by atoms with E-state index in [0.717, 1.165) is 27.9 Å². The first-order valence-corrected chi connectivity index (χ1v) is 6.73. The van der Waals surface area contributed by atoms with Crippen LogP contribution in [0.3, 0.4) is 0 Å². The summed E-state index contributed by atoms with van der Waals surface area (Å²) in [7, 11) is 2.06. The average Bonchev–Trinajstić information content (AvgIpc) is 2.46. The van der Waals surface area contributed by atoms with Gasteiger partial charge in [-0.1, -0.05) is 54.1 Å². The van der Waals surface area contributed by atoms with E-state index in [1.54, 1.807) is 0 Å². The van der Waals surface area contributed by atoms with Crippen LogP contribution in [0.2, 0.25) is 5.02 Å². The highest BCUT2D eigenvalue weighted by molar-refractivity contribution is 6.35. The van der Waals surface area contributed by atoms with Gasteiger partial charge in [0.2, 0.25) is 5.52 Å². The highest BCUT2D eigenvalue weighted by Crippen LogP contribution is 2.26. The Morgan fingerprint density at radius 2 is 1.63 bits per heavy atom. The van der Waals surface area contributed by atoms with Crippen molar-refractivity contribution in [2.24, 2.45) is 7.05 Å². The maximum Gasteiger partial charge on any atom is 0.213 e. The first kappa shape index (κ1) is 12.2. The van der Waals surface area contributed by atoms with Crippen molar-refractivity contribution in [1.82, 2.24) is 0 Å². The molecule has 3 rings (SSSR count). The number of aromatic nitrogens is 1. The maximum absolute atomic E-state index is 6.55. The Morgan fingerprint density at radius 1 is 0.947 bits per heavy atom. The van der Waals surface area contributed by atoms with Gasteiger partial charge in [0.05, 0.1) is 10.4 Å². The van der Waals surface area contributed by atoms with Crippen molar-refractivity contribution >= 4 is 22.5 Å². The lowest BCUT2D eigenvalue weighted by Gasteiger charge is -2.06. The van der Waals surface area contributed by atoms with E-state index in [9.17, 15) is 0 Å². The summed E-state index contributed by atoms with van der Waals surface area (Å²) in [5, 5.41) is 1.97. The molecule has 1 heterocycles. The summed E-state index contributed by atoms with van der Waals surface area (Å²) in [5.41, 5.74) is 3.60. The van der Waals surface area contributed by atoms with Gasteiger partial charge in [-0.2, -0.15) is 0 Å². The van der Waals surface area contributed by atoms with Crippen LogP contribution >= 0.6 is 11.6 Å². The van der Waals surface area contributed by atoms with Crippen LogP contribution in [0.1, 0.15) is 11.1 Å². The van der Waals surface area contributed by atoms with Gasteiger partial charge in [0, 0.05) is 18.1 Å². The summed E-state index contributed by atoms with van der Waals surface area (Å²) in [6, 6.07) is 18.6. The fourth-order valence-corrected chi connectivity index (χ4v) is 2.71. The molecule has 0 N–H and O–H groups in total. The van der Waals surface area contributed by atoms with Crippen molar-refractivity contribution in [2.45, 2.75) is 6.42 Å². The number of rotatable bonds is 2. The number of pyridine rings is 1. The fraction of sp³-hybridized carbons (Fsp3) is 0.118. The third kappa shape index (κ3) is 2.34. The molecule has 0 fully saturated rings. The smallest absolute Gasteiger partial charge is 0.201 e. The summed E-state index contributed by atoms with van der Waals surface area (Å²) >= 11 is 6.55. The van der Waals surface area contributed by atoms with Crippen LogP contribution in [0, 0.1) is 0 Å². The van der Waals surface area contributed by atoms with Crippen LogP contribution < -0.4 is 4.57 Å². The highest BCUT2D eigenvalue weighted by Gasteiger charge is 2.14. The van der Waals surface area contributed by atoms with Crippen LogP contribution in [0.15, 0.2) is 60.8 Å². The average molecular weight is 269 g/mol. The van der Waals surface area contributed by atoms with Crippen molar-refractivity contribution in [3.63, 3.8) is 0 Å². The second-order valence-corrected chi connectivity index (χ2v) is 5.14. The Kier molecular flexibility index (Phi) is 3.22. The monoisotopic (exact) mass is 268 g/mol. The van der Waals surface area contributed by atoms with Crippen LogP contribution in [0.4, 0.5) is 0 Å². The summed E-state index contributed by atoms with van der Waals surface area (Å²) in [5.74, 6) is 0. The Hall–Kier alpha value is -1.86. The number of fused-ring (bicyclic) bond motifs is 1. The Labute approximate surface area is 118 Å². The lowest BCUT2D eigenvalue weighted by molar-refractivity contribution is -0.645. The zero-order chi connectivity index (χ0) is 13.2. The molecule has 0 aliphatic rings. The molecule has 0 saturated carbocycles. The maximum atomic E-state index is 6.55. The third-order valence-electron chi connectivity index (χ3n) is 3.39. The molecule has 0 aliphatic heterocycles. The molecule has 0 spiro atoms. The van der Waals surface area contributed by atoms with Crippen molar-refractivity contribution < 1.29 is 4.57 Å². The summed E-state index contributed by atoms with van der Waals surface area (Å²) in [6.07, 6.45) is 2.98. The standard InChI is InChI=1S/C17H15ClN/c1-19-12-14(11-13-7-3-2-4-8-13)17(18)15-9-5-6-10-16(15)19/h2-10,12H,11H2,1H3/q+1. The number of halogens is 1. The molecule has 3 aromatic rings. The van der Waals surface area contributed by atoms with Gasteiger partial charge in [-0.05, 0) is 11.6 Å².